The van der Waals surface area contributed by atoms with Gasteiger partial charge >= 0.3 is 0 Å². The Kier molecular flexibility index (Phi) is 3.05. The van der Waals surface area contributed by atoms with Crippen LogP contribution >= 0.6 is 11.6 Å². The number of fused-ring (bicyclic) bond motifs is 1. The number of hydrogen-bond acceptors (Lipinski definition) is 4. The van der Waals surface area contributed by atoms with Crippen LogP contribution in [0.15, 0.2) is 36.5 Å². The van der Waals surface area contributed by atoms with Crippen molar-refractivity contribution in [2.75, 3.05) is 5.32 Å². The lowest BCUT2D eigenvalue weighted by Crippen LogP contribution is -2.00. The molecular formula is C13H12ClN5. The van der Waals surface area contributed by atoms with Crippen LogP contribution in [0.5, 0.6) is 0 Å². The molecule has 1 aromatic carbocycles. The molecule has 1 N–H and O–H groups in total. The van der Waals surface area contributed by atoms with Gasteiger partial charge in [0.05, 0.1) is 0 Å². The van der Waals surface area contributed by atoms with E-state index in [0.29, 0.717) is 11.0 Å². The molecule has 0 radical (unpaired) electrons. The molecule has 96 valence electrons. The molecule has 0 saturated carbocycles. The van der Waals surface area contributed by atoms with Crippen molar-refractivity contribution in [2.24, 2.45) is 0 Å². The van der Waals surface area contributed by atoms with Crippen LogP contribution in [0.4, 0.5) is 11.6 Å². The predicted molar refractivity (Wildman–Crippen MR) is 75.7 cm³/mol. The molecule has 3 rings (SSSR count). The molecule has 5 nitrogen and oxygen atoms in total. The fraction of sp³-hybridized carbons (Fsp3) is 0.154. The highest BCUT2D eigenvalue weighted by molar-refractivity contribution is 6.34. The zero-order valence-electron chi connectivity index (χ0n) is 10.3. The van der Waals surface area contributed by atoms with Gasteiger partial charge in [-0.15, -0.1) is 10.2 Å². The van der Waals surface area contributed by atoms with Gasteiger partial charge in [0.2, 0.25) is 0 Å². The molecule has 2 aromatic heterocycles. The highest BCUT2D eigenvalue weighted by atomic mass is 35.5. The Hall–Kier alpha value is -2.14. The molecule has 0 spiro atoms. The van der Waals surface area contributed by atoms with Crippen LogP contribution in [0.1, 0.15) is 6.92 Å². The molecule has 0 amide bonds. The fourth-order valence-electron chi connectivity index (χ4n) is 1.89. The fourth-order valence-corrected chi connectivity index (χ4v) is 2.09. The first-order valence-electron chi connectivity index (χ1n) is 5.99. The van der Waals surface area contributed by atoms with Crippen molar-refractivity contribution in [3.8, 4) is 0 Å². The van der Waals surface area contributed by atoms with E-state index in [9.17, 15) is 0 Å². The monoisotopic (exact) mass is 273 g/mol. The smallest absolute Gasteiger partial charge is 0.162 e. The van der Waals surface area contributed by atoms with Crippen molar-refractivity contribution in [3.05, 3.63) is 41.7 Å². The first kappa shape index (κ1) is 11.9. The molecular weight excluding hydrogens is 262 g/mol. The summed E-state index contributed by atoms with van der Waals surface area (Å²) in [5.41, 5.74) is 0. The quantitative estimate of drug-likeness (QED) is 0.796. The maximum atomic E-state index is 6.04. The minimum atomic E-state index is 0.403. The summed E-state index contributed by atoms with van der Waals surface area (Å²) in [7, 11) is 0. The minimum absolute atomic E-state index is 0.403. The Balaban J connectivity index is 2.03. The first-order valence-corrected chi connectivity index (χ1v) is 6.37. The van der Waals surface area contributed by atoms with Crippen LogP contribution in [-0.4, -0.2) is 20.0 Å². The maximum Gasteiger partial charge on any atom is 0.162 e. The number of halogens is 1. The third-order valence-corrected chi connectivity index (χ3v) is 3.13. The Morgan fingerprint density at radius 1 is 1.16 bits per heavy atom. The summed E-state index contributed by atoms with van der Waals surface area (Å²) in [6.45, 7) is 2.86. The van der Waals surface area contributed by atoms with Crippen molar-refractivity contribution in [1.82, 2.24) is 20.0 Å². The molecule has 0 aliphatic rings. The van der Waals surface area contributed by atoms with E-state index in [1.807, 2.05) is 48.1 Å². The summed E-state index contributed by atoms with van der Waals surface area (Å²) in [5.74, 6) is 1.39. The van der Waals surface area contributed by atoms with E-state index in [4.69, 9.17) is 11.6 Å². The van der Waals surface area contributed by atoms with E-state index in [0.717, 1.165) is 23.1 Å². The summed E-state index contributed by atoms with van der Waals surface area (Å²) in [5, 5.41) is 17.8. The zero-order chi connectivity index (χ0) is 13.2. The van der Waals surface area contributed by atoms with Crippen LogP contribution in [-0.2, 0) is 6.54 Å². The molecule has 2 heterocycles. The predicted octanol–water partition coefficient (Wildman–Crippen LogP) is 3.24. The van der Waals surface area contributed by atoms with Crippen molar-refractivity contribution in [2.45, 2.75) is 13.5 Å². The van der Waals surface area contributed by atoms with Crippen LogP contribution in [0.3, 0.4) is 0 Å². The molecule has 0 saturated heterocycles. The number of aryl methyl sites for hydroxylation is 1. The standard InChI is InChI=1S/C13H12ClN5/c1-2-19-8-7-11(18-19)15-13-10-6-4-3-5-9(10)12(14)16-17-13/h3-8H,2H2,1H3,(H,15,17,18). The van der Waals surface area contributed by atoms with E-state index >= 15 is 0 Å². The minimum Gasteiger partial charge on any atom is -0.321 e. The number of benzene rings is 1. The number of aromatic nitrogens is 4. The molecule has 19 heavy (non-hydrogen) atoms. The van der Waals surface area contributed by atoms with E-state index in [1.54, 1.807) is 0 Å². The Labute approximate surface area is 115 Å². The second kappa shape index (κ2) is 4.85. The Morgan fingerprint density at radius 2 is 1.95 bits per heavy atom. The van der Waals surface area contributed by atoms with Gasteiger partial charge in [0, 0.05) is 29.6 Å². The van der Waals surface area contributed by atoms with Gasteiger partial charge in [-0.1, -0.05) is 35.9 Å². The van der Waals surface area contributed by atoms with Gasteiger partial charge in [-0.05, 0) is 6.92 Å². The largest absolute Gasteiger partial charge is 0.321 e. The van der Waals surface area contributed by atoms with Gasteiger partial charge in [0.25, 0.3) is 0 Å². The average Bonchev–Trinajstić information content (AvgIpc) is 2.90. The van der Waals surface area contributed by atoms with Gasteiger partial charge in [0.1, 0.15) is 0 Å². The number of anilines is 2. The van der Waals surface area contributed by atoms with Gasteiger partial charge in [0.15, 0.2) is 16.8 Å². The van der Waals surface area contributed by atoms with Crippen LogP contribution in [0.2, 0.25) is 5.15 Å². The van der Waals surface area contributed by atoms with E-state index in [-0.39, 0.29) is 0 Å². The van der Waals surface area contributed by atoms with Crippen molar-refractivity contribution < 1.29 is 0 Å². The normalized spacial score (nSPS) is 10.8. The van der Waals surface area contributed by atoms with Crippen molar-refractivity contribution in [3.63, 3.8) is 0 Å². The molecule has 3 aromatic rings. The van der Waals surface area contributed by atoms with Gasteiger partial charge in [-0.25, -0.2) is 0 Å². The lowest BCUT2D eigenvalue weighted by Gasteiger charge is -2.06. The lowest BCUT2D eigenvalue weighted by molar-refractivity contribution is 0.662. The molecule has 0 aliphatic carbocycles. The van der Waals surface area contributed by atoms with Gasteiger partial charge < -0.3 is 5.32 Å². The second-order valence-electron chi connectivity index (χ2n) is 4.07. The topological polar surface area (TPSA) is 55.6 Å². The highest BCUT2D eigenvalue weighted by Gasteiger charge is 2.08. The number of nitrogens with zero attached hydrogens (tertiary/aromatic N) is 4. The van der Waals surface area contributed by atoms with Crippen molar-refractivity contribution >= 4 is 34.0 Å². The highest BCUT2D eigenvalue weighted by Crippen LogP contribution is 2.27. The Bertz CT molecular complexity index is 722. The first-order chi connectivity index (χ1) is 9.28. The Morgan fingerprint density at radius 3 is 2.68 bits per heavy atom. The average molecular weight is 274 g/mol. The molecule has 0 fully saturated rings. The summed E-state index contributed by atoms with van der Waals surface area (Å²) >= 11 is 6.04. The second-order valence-corrected chi connectivity index (χ2v) is 4.42. The van der Waals surface area contributed by atoms with Crippen LogP contribution in [0.25, 0.3) is 10.8 Å². The molecule has 0 unspecified atom stereocenters. The number of hydrogen-bond donors (Lipinski definition) is 1. The molecule has 0 atom stereocenters. The summed E-state index contributed by atoms with van der Waals surface area (Å²) in [6, 6.07) is 9.63. The number of rotatable bonds is 3. The van der Waals surface area contributed by atoms with Crippen LogP contribution < -0.4 is 5.32 Å². The summed E-state index contributed by atoms with van der Waals surface area (Å²) in [4.78, 5) is 0. The third-order valence-electron chi connectivity index (χ3n) is 2.85. The van der Waals surface area contributed by atoms with Gasteiger partial charge in [-0.2, -0.15) is 5.10 Å². The lowest BCUT2D eigenvalue weighted by atomic mass is 10.2. The maximum absolute atomic E-state index is 6.04. The molecule has 6 heteroatoms. The van der Waals surface area contributed by atoms with E-state index in [1.165, 1.54) is 0 Å². The van der Waals surface area contributed by atoms with E-state index < -0.39 is 0 Å². The number of nitrogens with one attached hydrogen (secondary N) is 1. The molecule has 0 aliphatic heterocycles. The zero-order valence-corrected chi connectivity index (χ0v) is 11.1. The SMILES string of the molecule is CCn1ccc(Nc2nnc(Cl)c3ccccc23)n1. The summed E-state index contributed by atoms with van der Waals surface area (Å²) < 4.78 is 1.84. The summed E-state index contributed by atoms with van der Waals surface area (Å²) in [6.07, 6.45) is 1.91. The van der Waals surface area contributed by atoms with Crippen LogP contribution in [0, 0.1) is 0 Å². The van der Waals surface area contributed by atoms with E-state index in [2.05, 4.69) is 20.6 Å². The van der Waals surface area contributed by atoms with Crippen molar-refractivity contribution in [1.29, 1.82) is 0 Å². The van der Waals surface area contributed by atoms with Gasteiger partial charge in [-0.3, -0.25) is 4.68 Å². The molecule has 0 bridgehead atoms. The third kappa shape index (κ3) is 2.24.